The minimum absolute atomic E-state index is 1.14. The number of hydrogen-bond acceptors (Lipinski definition) is 0. The Labute approximate surface area is 263 Å². The molecule has 0 spiro atoms. The van der Waals surface area contributed by atoms with E-state index in [1.54, 1.807) is 0 Å². The van der Waals surface area contributed by atoms with Crippen molar-refractivity contribution < 1.29 is 0 Å². The Kier molecular flexibility index (Phi) is 6.03. The molecule has 0 N–H and O–H groups in total. The van der Waals surface area contributed by atoms with Crippen LogP contribution in [0.2, 0.25) is 0 Å². The van der Waals surface area contributed by atoms with E-state index in [9.17, 15) is 0 Å². The molecule has 2 aromatic heterocycles. The van der Waals surface area contributed by atoms with Crippen LogP contribution in [-0.2, 0) is 0 Å². The molecule has 0 saturated carbocycles. The summed E-state index contributed by atoms with van der Waals surface area (Å²) in [5, 5.41) is 10.5. The van der Waals surface area contributed by atoms with Crippen molar-refractivity contribution in [2.24, 2.45) is 0 Å². The molecule has 0 atom stereocenters. The van der Waals surface area contributed by atoms with Crippen LogP contribution in [0.15, 0.2) is 176 Å². The highest BCUT2D eigenvalue weighted by Gasteiger charge is 2.21. The van der Waals surface area contributed by atoms with Gasteiger partial charge in [0.25, 0.3) is 0 Å². The fraction of sp³-hybridized carbons (Fsp3) is 0. The predicted octanol–water partition coefficient (Wildman–Crippen LogP) is 8.40. The SMILES string of the molecule is c1ccc(-n2ccc3c4ccc5c6ccccc6n(-c6ccc([Si](c7ccccc7)c7ccccc7)cc6)c5c4ccc32)cc1. The van der Waals surface area contributed by atoms with Crippen LogP contribution in [0.4, 0.5) is 0 Å². The maximum absolute atomic E-state index is 2.47. The van der Waals surface area contributed by atoms with Gasteiger partial charge in [0.15, 0.2) is 8.80 Å². The van der Waals surface area contributed by atoms with Gasteiger partial charge in [-0.1, -0.05) is 143 Å². The summed E-state index contributed by atoms with van der Waals surface area (Å²) in [4.78, 5) is 0. The van der Waals surface area contributed by atoms with Crippen molar-refractivity contribution in [1.29, 1.82) is 0 Å². The smallest absolute Gasteiger partial charge is 0.154 e. The van der Waals surface area contributed by atoms with Crippen LogP contribution >= 0.6 is 0 Å². The maximum atomic E-state index is 2.47. The van der Waals surface area contributed by atoms with Gasteiger partial charge in [-0.15, -0.1) is 0 Å². The zero-order valence-corrected chi connectivity index (χ0v) is 25.6. The first kappa shape index (κ1) is 25.8. The number of fused-ring (bicyclic) bond motifs is 7. The average Bonchev–Trinajstić information content (AvgIpc) is 3.70. The van der Waals surface area contributed by atoms with Gasteiger partial charge in [0, 0.05) is 39.1 Å². The third-order valence-corrected chi connectivity index (χ3v) is 11.8. The van der Waals surface area contributed by atoms with Crippen LogP contribution in [0.3, 0.4) is 0 Å². The lowest BCUT2D eigenvalue weighted by molar-refractivity contribution is 1.13. The number of hydrogen-bond donors (Lipinski definition) is 0. The number of aromatic nitrogens is 2. The minimum Gasteiger partial charge on any atom is -0.317 e. The summed E-state index contributed by atoms with van der Waals surface area (Å²) in [6, 6.07) is 62.2. The van der Waals surface area contributed by atoms with Crippen molar-refractivity contribution in [3.8, 4) is 11.4 Å². The van der Waals surface area contributed by atoms with Gasteiger partial charge in [-0.05, 0) is 47.9 Å². The Morgan fingerprint density at radius 3 is 1.58 bits per heavy atom. The summed E-state index contributed by atoms with van der Waals surface area (Å²) >= 11 is 0. The number of nitrogens with zero attached hydrogens (tertiary/aromatic N) is 2. The molecule has 211 valence electrons. The highest BCUT2D eigenvalue weighted by Crippen LogP contribution is 2.39. The molecule has 0 saturated heterocycles. The molecule has 45 heavy (non-hydrogen) atoms. The zero-order chi connectivity index (χ0) is 29.7. The minimum atomic E-state index is -1.14. The summed E-state index contributed by atoms with van der Waals surface area (Å²) in [7, 11) is -1.14. The summed E-state index contributed by atoms with van der Waals surface area (Å²) < 4.78 is 4.75. The highest BCUT2D eigenvalue weighted by atomic mass is 28.3. The Bertz CT molecular complexity index is 2420. The molecule has 0 aliphatic heterocycles. The summed E-state index contributed by atoms with van der Waals surface area (Å²) in [6.07, 6.45) is 2.19. The fourth-order valence-corrected chi connectivity index (χ4v) is 9.61. The van der Waals surface area contributed by atoms with Crippen molar-refractivity contribution in [3.05, 3.63) is 176 Å². The van der Waals surface area contributed by atoms with Gasteiger partial charge in [-0.25, -0.2) is 0 Å². The first-order chi connectivity index (χ1) is 22.3. The fourth-order valence-electron chi connectivity index (χ4n) is 7.06. The maximum Gasteiger partial charge on any atom is 0.154 e. The van der Waals surface area contributed by atoms with Gasteiger partial charge in [0.2, 0.25) is 0 Å². The topological polar surface area (TPSA) is 9.86 Å². The molecule has 0 aliphatic carbocycles. The van der Waals surface area contributed by atoms with Gasteiger partial charge < -0.3 is 9.13 Å². The molecular weight excluding hydrogens is 561 g/mol. The van der Waals surface area contributed by atoms with Crippen LogP contribution in [0, 0.1) is 0 Å². The van der Waals surface area contributed by atoms with Crippen LogP contribution in [0.5, 0.6) is 0 Å². The van der Waals surface area contributed by atoms with Gasteiger partial charge in [-0.2, -0.15) is 0 Å². The van der Waals surface area contributed by atoms with E-state index in [-0.39, 0.29) is 0 Å². The monoisotopic (exact) mass is 589 g/mol. The third-order valence-electron chi connectivity index (χ3n) is 9.07. The second-order valence-corrected chi connectivity index (χ2v) is 14.1. The molecule has 9 rings (SSSR count). The van der Waals surface area contributed by atoms with E-state index in [2.05, 4.69) is 185 Å². The predicted molar refractivity (Wildman–Crippen MR) is 193 cm³/mol. The van der Waals surface area contributed by atoms with E-state index in [0.717, 1.165) is 0 Å². The Balaban J connectivity index is 1.25. The molecule has 2 heterocycles. The van der Waals surface area contributed by atoms with Crippen molar-refractivity contribution >= 4 is 67.8 Å². The zero-order valence-electron chi connectivity index (χ0n) is 24.6. The van der Waals surface area contributed by atoms with Gasteiger partial charge in [0.05, 0.1) is 16.6 Å². The lowest BCUT2D eigenvalue weighted by Gasteiger charge is -2.18. The van der Waals surface area contributed by atoms with Crippen molar-refractivity contribution in [2.75, 3.05) is 0 Å². The van der Waals surface area contributed by atoms with Crippen LogP contribution in [0.1, 0.15) is 0 Å². The number of para-hydroxylation sites is 2. The van der Waals surface area contributed by atoms with Crippen molar-refractivity contribution in [3.63, 3.8) is 0 Å². The molecule has 1 radical (unpaired) electrons. The second-order valence-electron chi connectivity index (χ2n) is 11.6. The molecule has 0 fully saturated rings. The molecule has 7 aromatic carbocycles. The van der Waals surface area contributed by atoms with Crippen LogP contribution in [0.25, 0.3) is 54.9 Å². The average molecular weight is 590 g/mol. The van der Waals surface area contributed by atoms with E-state index in [4.69, 9.17) is 0 Å². The summed E-state index contributed by atoms with van der Waals surface area (Å²) in [5.41, 5.74) is 6.06. The Hall–Kier alpha value is -5.64. The lowest BCUT2D eigenvalue weighted by atomic mass is 10.0. The molecular formula is C42H29N2Si. The lowest BCUT2D eigenvalue weighted by Crippen LogP contribution is -2.51. The molecule has 3 heteroatoms. The molecule has 0 aliphatic rings. The third kappa shape index (κ3) is 4.16. The number of rotatable bonds is 5. The molecule has 0 unspecified atom stereocenters. The van der Waals surface area contributed by atoms with E-state index in [0.29, 0.717) is 0 Å². The normalized spacial score (nSPS) is 11.8. The summed E-state index contributed by atoms with van der Waals surface area (Å²) in [5.74, 6) is 0. The summed E-state index contributed by atoms with van der Waals surface area (Å²) in [6.45, 7) is 0. The standard InChI is InChI=1S/C42H29N2Si/c1-4-12-30(13-5-1)43-29-28-37-35-24-25-39-36-18-10-11-19-41(36)44(42(39)38(35)26-27-40(37)43)31-20-22-34(23-21-31)45(32-14-6-2-7-15-32)33-16-8-3-9-17-33/h1-29H. The Morgan fingerprint density at radius 1 is 0.333 bits per heavy atom. The van der Waals surface area contributed by atoms with E-state index < -0.39 is 8.80 Å². The first-order valence-corrected chi connectivity index (χ1v) is 17.0. The highest BCUT2D eigenvalue weighted by molar-refractivity contribution is 6.95. The molecule has 2 nitrogen and oxygen atoms in total. The molecule has 9 aromatic rings. The van der Waals surface area contributed by atoms with Gasteiger partial charge >= 0.3 is 0 Å². The second kappa shape index (κ2) is 10.5. The largest absolute Gasteiger partial charge is 0.317 e. The van der Waals surface area contributed by atoms with Gasteiger partial charge in [0.1, 0.15) is 0 Å². The van der Waals surface area contributed by atoms with Crippen molar-refractivity contribution in [1.82, 2.24) is 9.13 Å². The van der Waals surface area contributed by atoms with E-state index >= 15 is 0 Å². The van der Waals surface area contributed by atoms with E-state index in [1.807, 2.05) is 0 Å². The Morgan fingerprint density at radius 2 is 0.867 bits per heavy atom. The van der Waals surface area contributed by atoms with Crippen LogP contribution < -0.4 is 15.6 Å². The van der Waals surface area contributed by atoms with Gasteiger partial charge in [-0.3, -0.25) is 0 Å². The number of benzene rings is 7. The quantitative estimate of drug-likeness (QED) is 0.141. The molecule has 0 bridgehead atoms. The molecule has 0 amide bonds. The van der Waals surface area contributed by atoms with E-state index in [1.165, 1.54) is 70.4 Å². The van der Waals surface area contributed by atoms with Crippen LogP contribution in [-0.4, -0.2) is 17.9 Å². The first-order valence-electron chi connectivity index (χ1n) is 15.5. The van der Waals surface area contributed by atoms with Crippen molar-refractivity contribution in [2.45, 2.75) is 0 Å².